The molecule has 5 nitrogen and oxygen atoms in total. The van der Waals surface area contributed by atoms with Crippen molar-refractivity contribution >= 4 is 5.91 Å². The molecular weight excluding hydrogens is 252 g/mol. The third kappa shape index (κ3) is 3.23. The number of rotatable bonds is 3. The van der Waals surface area contributed by atoms with Gasteiger partial charge in [0.05, 0.1) is 6.04 Å². The number of H-pyrrole nitrogens is 1. The molecule has 0 bridgehead atoms. The Morgan fingerprint density at radius 3 is 2.45 bits per heavy atom. The first-order valence-corrected chi connectivity index (χ1v) is 6.66. The minimum atomic E-state index is -0.270. The smallest absolute Gasteiger partial charge is 0.291 e. The molecule has 2 N–H and O–H groups in total. The highest BCUT2D eigenvalue weighted by atomic mass is 16.2. The van der Waals surface area contributed by atoms with Crippen molar-refractivity contribution in [3.8, 4) is 0 Å². The average Bonchev–Trinajstić information content (AvgIpc) is 2.89. The molecule has 106 valence electrons. The van der Waals surface area contributed by atoms with Gasteiger partial charge in [-0.25, -0.2) is 4.98 Å². The molecule has 0 saturated carbocycles. The number of nitrogens with one attached hydrogen (secondary N) is 2. The second-order valence-electron chi connectivity index (χ2n) is 5.86. The molecule has 0 spiro atoms. The number of carbonyl (C=O) groups is 1. The number of hydrogen-bond donors (Lipinski definition) is 2. The van der Waals surface area contributed by atoms with Crippen molar-refractivity contribution in [2.45, 2.75) is 39.2 Å². The van der Waals surface area contributed by atoms with E-state index in [0.29, 0.717) is 5.82 Å². The number of nitrogens with zero attached hydrogens (tertiary/aromatic N) is 2. The Bertz CT molecular complexity index is 583. The van der Waals surface area contributed by atoms with E-state index in [1.54, 1.807) is 0 Å². The standard InChI is InChI=1S/C15H20N4O/c1-10(11-8-6-5-7-9-11)16-13(20)12-17-14(19-18-12)15(2,3)4/h5-10H,1-4H3,(H,16,20)(H,17,18,19). The molecule has 1 heterocycles. The maximum absolute atomic E-state index is 12.1. The predicted molar refractivity (Wildman–Crippen MR) is 77.4 cm³/mol. The van der Waals surface area contributed by atoms with Gasteiger partial charge in [0.1, 0.15) is 5.82 Å². The topological polar surface area (TPSA) is 70.7 Å². The summed E-state index contributed by atoms with van der Waals surface area (Å²) in [6, 6.07) is 9.71. The Morgan fingerprint density at radius 2 is 1.90 bits per heavy atom. The fourth-order valence-corrected chi connectivity index (χ4v) is 1.78. The van der Waals surface area contributed by atoms with Crippen LogP contribution in [0.25, 0.3) is 0 Å². The minimum Gasteiger partial charge on any atom is -0.343 e. The number of amides is 1. The Balaban J connectivity index is 2.07. The van der Waals surface area contributed by atoms with Gasteiger partial charge in [0.15, 0.2) is 0 Å². The molecule has 1 aromatic heterocycles. The first kappa shape index (κ1) is 14.2. The van der Waals surface area contributed by atoms with Crippen LogP contribution in [-0.2, 0) is 5.41 Å². The molecule has 1 aromatic carbocycles. The number of benzene rings is 1. The van der Waals surface area contributed by atoms with Crippen molar-refractivity contribution in [2.75, 3.05) is 0 Å². The molecule has 5 heteroatoms. The van der Waals surface area contributed by atoms with Crippen molar-refractivity contribution in [2.24, 2.45) is 0 Å². The highest BCUT2D eigenvalue weighted by molar-refractivity contribution is 5.90. The first-order valence-electron chi connectivity index (χ1n) is 6.66. The SMILES string of the molecule is CC(NC(=O)c1n[nH]c(C(C)(C)C)n1)c1ccccc1. The van der Waals surface area contributed by atoms with Crippen LogP contribution >= 0.6 is 0 Å². The summed E-state index contributed by atoms with van der Waals surface area (Å²) < 4.78 is 0. The van der Waals surface area contributed by atoms with Gasteiger partial charge in [-0.3, -0.25) is 9.89 Å². The van der Waals surface area contributed by atoms with Gasteiger partial charge in [-0.05, 0) is 12.5 Å². The molecule has 0 aliphatic rings. The van der Waals surface area contributed by atoms with E-state index in [1.165, 1.54) is 0 Å². The molecule has 1 unspecified atom stereocenters. The molecule has 0 radical (unpaired) electrons. The van der Waals surface area contributed by atoms with Crippen LogP contribution in [0, 0.1) is 0 Å². The normalized spacial score (nSPS) is 13.0. The van der Waals surface area contributed by atoms with E-state index >= 15 is 0 Å². The Hall–Kier alpha value is -2.17. The molecule has 2 rings (SSSR count). The molecule has 0 aliphatic carbocycles. The fraction of sp³-hybridized carbons (Fsp3) is 0.400. The van der Waals surface area contributed by atoms with Crippen molar-refractivity contribution < 1.29 is 4.79 Å². The van der Waals surface area contributed by atoms with Crippen LogP contribution in [0.3, 0.4) is 0 Å². The zero-order valence-electron chi connectivity index (χ0n) is 12.3. The lowest BCUT2D eigenvalue weighted by Gasteiger charge is -2.13. The van der Waals surface area contributed by atoms with Crippen LogP contribution in [-0.4, -0.2) is 21.1 Å². The van der Waals surface area contributed by atoms with Crippen molar-refractivity contribution in [1.82, 2.24) is 20.5 Å². The van der Waals surface area contributed by atoms with Gasteiger partial charge in [-0.1, -0.05) is 51.1 Å². The van der Waals surface area contributed by atoms with E-state index in [-0.39, 0.29) is 23.2 Å². The van der Waals surface area contributed by atoms with Gasteiger partial charge in [0.25, 0.3) is 5.91 Å². The average molecular weight is 272 g/mol. The van der Waals surface area contributed by atoms with E-state index < -0.39 is 0 Å². The number of aromatic nitrogens is 3. The number of aromatic amines is 1. The summed E-state index contributed by atoms with van der Waals surface area (Å²) in [5.74, 6) is 0.612. The zero-order valence-corrected chi connectivity index (χ0v) is 12.3. The van der Waals surface area contributed by atoms with Gasteiger partial charge in [-0.15, -0.1) is 5.10 Å². The fourth-order valence-electron chi connectivity index (χ4n) is 1.78. The predicted octanol–water partition coefficient (Wildman–Crippen LogP) is 2.59. The monoisotopic (exact) mass is 272 g/mol. The Kier molecular flexibility index (Phi) is 3.88. The van der Waals surface area contributed by atoms with Crippen LogP contribution in [0.1, 0.15) is 55.7 Å². The third-order valence-electron chi connectivity index (χ3n) is 3.05. The van der Waals surface area contributed by atoms with E-state index in [4.69, 9.17) is 0 Å². The molecule has 0 saturated heterocycles. The second-order valence-corrected chi connectivity index (χ2v) is 5.86. The highest BCUT2D eigenvalue weighted by Gasteiger charge is 2.22. The summed E-state index contributed by atoms with van der Waals surface area (Å²) in [6.45, 7) is 7.98. The zero-order chi connectivity index (χ0) is 14.8. The van der Waals surface area contributed by atoms with Crippen molar-refractivity contribution in [1.29, 1.82) is 0 Å². The van der Waals surface area contributed by atoms with Gasteiger partial charge < -0.3 is 5.32 Å². The van der Waals surface area contributed by atoms with E-state index in [2.05, 4.69) is 20.5 Å². The molecule has 0 aliphatic heterocycles. The quantitative estimate of drug-likeness (QED) is 0.902. The summed E-state index contributed by atoms with van der Waals surface area (Å²) in [5, 5.41) is 9.69. The van der Waals surface area contributed by atoms with E-state index in [1.807, 2.05) is 58.0 Å². The molecule has 20 heavy (non-hydrogen) atoms. The van der Waals surface area contributed by atoms with E-state index in [0.717, 1.165) is 5.56 Å². The molecule has 0 fully saturated rings. The Labute approximate surface area is 118 Å². The van der Waals surface area contributed by atoms with Gasteiger partial charge >= 0.3 is 0 Å². The molecule has 1 amide bonds. The highest BCUT2D eigenvalue weighted by Crippen LogP contribution is 2.17. The number of hydrogen-bond acceptors (Lipinski definition) is 3. The summed E-state index contributed by atoms with van der Waals surface area (Å²) in [7, 11) is 0. The van der Waals surface area contributed by atoms with E-state index in [9.17, 15) is 4.79 Å². The van der Waals surface area contributed by atoms with Crippen molar-refractivity contribution in [3.05, 3.63) is 47.5 Å². The Morgan fingerprint density at radius 1 is 1.25 bits per heavy atom. The lowest BCUT2D eigenvalue weighted by molar-refractivity contribution is 0.0929. The largest absolute Gasteiger partial charge is 0.343 e. The molecule has 1 atom stereocenters. The van der Waals surface area contributed by atoms with Gasteiger partial charge in [-0.2, -0.15) is 0 Å². The second kappa shape index (κ2) is 5.45. The molecular formula is C15H20N4O. The van der Waals surface area contributed by atoms with Gasteiger partial charge in [0.2, 0.25) is 5.82 Å². The van der Waals surface area contributed by atoms with Crippen LogP contribution in [0.4, 0.5) is 0 Å². The lowest BCUT2D eigenvalue weighted by atomic mass is 9.96. The maximum Gasteiger partial charge on any atom is 0.291 e. The third-order valence-corrected chi connectivity index (χ3v) is 3.05. The van der Waals surface area contributed by atoms with Crippen molar-refractivity contribution in [3.63, 3.8) is 0 Å². The maximum atomic E-state index is 12.1. The van der Waals surface area contributed by atoms with Gasteiger partial charge in [0, 0.05) is 5.41 Å². The van der Waals surface area contributed by atoms with Crippen LogP contribution in [0.2, 0.25) is 0 Å². The van der Waals surface area contributed by atoms with Crippen LogP contribution in [0.15, 0.2) is 30.3 Å². The lowest BCUT2D eigenvalue weighted by Crippen LogP contribution is -2.27. The summed E-state index contributed by atoms with van der Waals surface area (Å²) >= 11 is 0. The van der Waals surface area contributed by atoms with Crippen LogP contribution in [0.5, 0.6) is 0 Å². The first-order chi connectivity index (χ1) is 9.38. The van der Waals surface area contributed by atoms with Crippen LogP contribution < -0.4 is 5.32 Å². The summed E-state index contributed by atoms with van der Waals surface area (Å²) in [5.41, 5.74) is 0.892. The number of carbonyl (C=O) groups excluding carboxylic acids is 1. The molecule has 2 aromatic rings. The summed E-state index contributed by atoms with van der Waals surface area (Å²) in [6.07, 6.45) is 0. The minimum absolute atomic E-state index is 0.0831. The summed E-state index contributed by atoms with van der Waals surface area (Å²) in [4.78, 5) is 16.4.